The second-order valence-electron chi connectivity index (χ2n) is 4.92. The van der Waals surface area contributed by atoms with Gasteiger partial charge in [0.25, 0.3) is 0 Å². The molecule has 110 valence electrons. The van der Waals surface area contributed by atoms with Crippen molar-refractivity contribution in [2.24, 2.45) is 10.7 Å². The van der Waals surface area contributed by atoms with Crippen LogP contribution in [0.25, 0.3) is 10.4 Å². The van der Waals surface area contributed by atoms with Gasteiger partial charge >= 0.3 is 0 Å². The molecule has 0 unspecified atom stereocenters. The first-order valence-corrected chi connectivity index (χ1v) is 8.34. The van der Waals surface area contributed by atoms with Gasteiger partial charge in [0, 0.05) is 24.3 Å². The average molecular weight is 319 g/mol. The van der Waals surface area contributed by atoms with E-state index < -0.39 is 0 Å². The van der Waals surface area contributed by atoms with E-state index in [1.54, 1.807) is 29.9 Å². The molecule has 1 aliphatic rings. The zero-order valence-corrected chi connectivity index (χ0v) is 13.9. The zero-order valence-electron chi connectivity index (χ0n) is 12.3. The third-order valence-electron chi connectivity index (χ3n) is 3.74. The maximum Gasteiger partial charge on any atom is 0.190 e. The molecule has 0 fully saturated rings. The molecule has 1 aliphatic carbocycles. The van der Waals surface area contributed by atoms with Gasteiger partial charge in [0.15, 0.2) is 10.8 Å². The standard InChI is InChI=1S/C15H17N3OS2/c1-8(17-3)12(6-16)19-15-13-11(9(2)20-15)5-4-10-7-18-21-14(10)13/h6-7H,4-5,16H2,1-3H3/b12-6+,17-8?. The molecule has 0 saturated heterocycles. The normalized spacial score (nSPS) is 14.8. The SMILES string of the molecule is CN=C(C)/C(=C\N)Oc1sc(C)c2c1-c1sncc1CC2. The summed E-state index contributed by atoms with van der Waals surface area (Å²) in [6, 6.07) is 0. The third-order valence-corrected chi connectivity index (χ3v) is 5.62. The minimum atomic E-state index is 0.609. The van der Waals surface area contributed by atoms with Crippen LogP contribution in [-0.2, 0) is 12.8 Å². The highest BCUT2D eigenvalue weighted by Gasteiger charge is 2.27. The Balaban J connectivity index is 2.07. The van der Waals surface area contributed by atoms with Gasteiger partial charge < -0.3 is 10.5 Å². The Morgan fingerprint density at radius 3 is 3.00 bits per heavy atom. The van der Waals surface area contributed by atoms with E-state index >= 15 is 0 Å². The fourth-order valence-electron chi connectivity index (χ4n) is 2.50. The van der Waals surface area contributed by atoms with E-state index in [0.29, 0.717) is 5.76 Å². The minimum Gasteiger partial charge on any atom is -0.443 e. The molecule has 21 heavy (non-hydrogen) atoms. The Hall–Kier alpha value is -1.66. The molecule has 2 aromatic rings. The van der Waals surface area contributed by atoms with E-state index in [0.717, 1.165) is 23.6 Å². The number of nitrogens with zero attached hydrogens (tertiary/aromatic N) is 2. The monoisotopic (exact) mass is 319 g/mol. The summed E-state index contributed by atoms with van der Waals surface area (Å²) in [5, 5.41) is 0.896. The smallest absolute Gasteiger partial charge is 0.190 e. The van der Waals surface area contributed by atoms with Crippen LogP contribution < -0.4 is 10.5 Å². The molecule has 0 bridgehead atoms. The highest BCUT2D eigenvalue weighted by molar-refractivity contribution is 7.15. The molecular weight excluding hydrogens is 302 g/mol. The van der Waals surface area contributed by atoms with Gasteiger partial charge in [-0.1, -0.05) is 0 Å². The Morgan fingerprint density at radius 1 is 1.48 bits per heavy atom. The Kier molecular flexibility index (Phi) is 3.82. The quantitative estimate of drug-likeness (QED) is 0.695. The van der Waals surface area contributed by atoms with Crippen molar-refractivity contribution in [3.05, 3.63) is 34.2 Å². The summed E-state index contributed by atoms with van der Waals surface area (Å²) >= 11 is 3.21. The van der Waals surface area contributed by atoms with Crippen molar-refractivity contribution in [3.8, 4) is 15.5 Å². The summed E-state index contributed by atoms with van der Waals surface area (Å²) in [4.78, 5) is 6.69. The number of aryl methyl sites for hydroxylation is 2. The topological polar surface area (TPSA) is 60.5 Å². The average Bonchev–Trinajstić information content (AvgIpc) is 3.08. The number of aromatic nitrogens is 1. The molecule has 0 aromatic carbocycles. The number of nitrogens with two attached hydrogens (primary N) is 1. The summed E-state index contributed by atoms with van der Waals surface area (Å²) in [5.74, 6) is 0.609. The van der Waals surface area contributed by atoms with Gasteiger partial charge in [0.05, 0.1) is 16.2 Å². The van der Waals surface area contributed by atoms with Crippen LogP contribution in [0.1, 0.15) is 22.9 Å². The number of aliphatic imine (C=N–C) groups is 1. The summed E-state index contributed by atoms with van der Waals surface area (Å²) in [6.45, 7) is 4.04. The highest BCUT2D eigenvalue weighted by atomic mass is 32.1. The lowest BCUT2D eigenvalue weighted by Gasteiger charge is -2.14. The maximum absolute atomic E-state index is 6.06. The summed E-state index contributed by atoms with van der Waals surface area (Å²) in [6.07, 6.45) is 5.55. The molecule has 2 N–H and O–H groups in total. The van der Waals surface area contributed by atoms with Crippen LogP contribution in [0.5, 0.6) is 5.06 Å². The molecule has 0 spiro atoms. The van der Waals surface area contributed by atoms with E-state index in [1.165, 1.54) is 32.6 Å². The lowest BCUT2D eigenvalue weighted by molar-refractivity contribution is 0.466. The fourth-order valence-corrected chi connectivity index (χ4v) is 4.49. The predicted octanol–water partition coefficient (Wildman–Crippen LogP) is 3.55. The lowest BCUT2D eigenvalue weighted by atomic mass is 9.94. The van der Waals surface area contributed by atoms with Gasteiger partial charge in [-0.3, -0.25) is 4.99 Å². The number of hydrogen-bond donors (Lipinski definition) is 1. The van der Waals surface area contributed by atoms with Crippen molar-refractivity contribution in [2.45, 2.75) is 26.7 Å². The van der Waals surface area contributed by atoms with Gasteiger partial charge in [-0.05, 0) is 49.3 Å². The Bertz CT molecular complexity index is 740. The van der Waals surface area contributed by atoms with Gasteiger partial charge in [0.2, 0.25) is 0 Å². The van der Waals surface area contributed by atoms with Crippen molar-refractivity contribution < 1.29 is 4.74 Å². The van der Waals surface area contributed by atoms with Crippen LogP contribution in [0.15, 0.2) is 23.1 Å². The van der Waals surface area contributed by atoms with E-state index in [2.05, 4.69) is 16.3 Å². The Labute approximate surface area is 132 Å². The third kappa shape index (κ3) is 2.38. The van der Waals surface area contributed by atoms with E-state index in [4.69, 9.17) is 10.5 Å². The molecule has 0 atom stereocenters. The van der Waals surface area contributed by atoms with E-state index in [-0.39, 0.29) is 0 Å². The summed E-state index contributed by atoms with van der Waals surface area (Å²) in [5.41, 5.74) is 10.4. The van der Waals surface area contributed by atoms with Crippen LogP contribution in [0, 0.1) is 6.92 Å². The summed E-state index contributed by atoms with van der Waals surface area (Å²) < 4.78 is 10.4. The second-order valence-corrected chi connectivity index (χ2v) is 6.91. The molecular formula is C15H17N3OS2. The number of ether oxygens (including phenoxy) is 1. The fraction of sp³-hybridized carbons (Fsp3) is 0.333. The first kappa shape index (κ1) is 14.3. The van der Waals surface area contributed by atoms with Crippen molar-refractivity contribution in [2.75, 3.05) is 7.05 Å². The number of fused-ring (bicyclic) bond motifs is 3. The molecule has 0 saturated carbocycles. The number of thiophene rings is 1. The zero-order chi connectivity index (χ0) is 15.0. The maximum atomic E-state index is 6.06. The molecule has 0 radical (unpaired) electrons. The summed E-state index contributed by atoms with van der Waals surface area (Å²) in [7, 11) is 1.73. The minimum absolute atomic E-state index is 0.609. The first-order valence-electron chi connectivity index (χ1n) is 6.75. The molecule has 2 heterocycles. The Morgan fingerprint density at radius 2 is 2.29 bits per heavy atom. The van der Waals surface area contributed by atoms with Crippen LogP contribution in [0.2, 0.25) is 0 Å². The van der Waals surface area contributed by atoms with Crippen molar-refractivity contribution in [1.29, 1.82) is 0 Å². The number of rotatable bonds is 3. The van der Waals surface area contributed by atoms with Crippen LogP contribution >= 0.6 is 22.9 Å². The highest BCUT2D eigenvalue weighted by Crippen LogP contribution is 2.48. The predicted molar refractivity (Wildman–Crippen MR) is 89.5 cm³/mol. The van der Waals surface area contributed by atoms with Gasteiger partial charge in [0.1, 0.15) is 0 Å². The second kappa shape index (κ2) is 5.61. The van der Waals surface area contributed by atoms with Crippen LogP contribution in [-0.4, -0.2) is 17.1 Å². The molecule has 2 aromatic heterocycles. The number of allylic oxidation sites excluding steroid dienone is 1. The molecule has 6 heteroatoms. The first-order chi connectivity index (χ1) is 10.2. The molecule has 0 amide bonds. The van der Waals surface area contributed by atoms with Crippen molar-refractivity contribution in [3.63, 3.8) is 0 Å². The molecule has 3 rings (SSSR count). The van der Waals surface area contributed by atoms with Gasteiger partial charge in [-0.15, -0.1) is 11.3 Å². The van der Waals surface area contributed by atoms with Crippen LogP contribution in [0.3, 0.4) is 0 Å². The molecule has 0 aliphatic heterocycles. The van der Waals surface area contributed by atoms with Gasteiger partial charge in [-0.25, -0.2) is 4.37 Å². The van der Waals surface area contributed by atoms with Gasteiger partial charge in [-0.2, -0.15) is 0 Å². The number of hydrogen-bond acceptors (Lipinski definition) is 6. The van der Waals surface area contributed by atoms with Crippen molar-refractivity contribution in [1.82, 2.24) is 4.37 Å². The van der Waals surface area contributed by atoms with E-state index in [1.807, 2.05) is 13.1 Å². The lowest BCUT2D eigenvalue weighted by Crippen LogP contribution is -2.08. The van der Waals surface area contributed by atoms with Crippen LogP contribution in [0.4, 0.5) is 0 Å². The van der Waals surface area contributed by atoms with Crippen molar-refractivity contribution >= 4 is 28.6 Å². The largest absolute Gasteiger partial charge is 0.443 e. The molecule has 4 nitrogen and oxygen atoms in total. The van der Waals surface area contributed by atoms with E-state index in [9.17, 15) is 0 Å².